The SMILES string of the molecule is CC1(C)c2ccccc2-c2ccc(-n3c4ccccc4c4c5c(oc6ccccc65)c5c(c43)C(C)(C)c3ccccc3-5)cc21. The predicted molar refractivity (Wildman–Crippen MR) is 183 cm³/mol. The van der Waals surface area contributed by atoms with Crippen LogP contribution >= 0.6 is 0 Å². The van der Waals surface area contributed by atoms with Crippen LogP contribution in [0.1, 0.15) is 49.9 Å². The minimum atomic E-state index is -0.213. The van der Waals surface area contributed by atoms with Gasteiger partial charge in [-0.15, -0.1) is 0 Å². The number of aromatic nitrogens is 1. The summed E-state index contributed by atoms with van der Waals surface area (Å²) in [6.07, 6.45) is 0. The van der Waals surface area contributed by atoms with E-state index in [0.717, 1.165) is 11.2 Å². The first-order chi connectivity index (χ1) is 21.4. The van der Waals surface area contributed by atoms with Gasteiger partial charge in [-0.25, -0.2) is 0 Å². The largest absolute Gasteiger partial charge is 0.455 e. The third-order valence-electron chi connectivity index (χ3n) is 10.8. The van der Waals surface area contributed by atoms with Gasteiger partial charge < -0.3 is 8.98 Å². The molecule has 0 spiro atoms. The summed E-state index contributed by atoms with van der Waals surface area (Å²) in [6.45, 7) is 9.50. The van der Waals surface area contributed by atoms with Crippen LogP contribution < -0.4 is 0 Å². The molecular weight excluding hydrogens is 534 g/mol. The van der Waals surface area contributed by atoms with E-state index in [1.165, 1.54) is 82.8 Å². The Morgan fingerprint density at radius 1 is 0.545 bits per heavy atom. The van der Waals surface area contributed by atoms with Crippen molar-refractivity contribution in [1.29, 1.82) is 0 Å². The van der Waals surface area contributed by atoms with Gasteiger partial charge in [0.1, 0.15) is 11.2 Å². The molecule has 44 heavy (non-hydrogen) atoms. The molecule has 0 atom stereocenters. The van der Waals surface area contributed by atoms with Crippen molar-refractivity contribution in [2.75, 3.05) is 0 Å². The molecule has 10 rings (SSSR count). The highest BCUT2D eigenvalue weighted by molar-refractivity contribution is 6.31. The second-order valence-electron chi connectivity index (χ2n) is 13.7. The highest BCUT2D eigenvalue weighted by Crippen LogP contribution is 2.58. The Balaban J connectivity index is 1.43. The Morgan fingerprint density at radius 2 is 1.18 bits per heavy atom. The molecule has 8 aromatic rings. The van der Waals surface area contributed by atoms with Crippen molar-refractivity contribution >= 4 is 43.7 Å². The molecule has 2 aromatic heterocycles. The molecule has 0 saturated heterocycles. The van der Waals surface area contributed by atoms with E-state index < -0.39 is 0 Å². The van der Waals surface area contributed by atoms with Crippen LogP contribution in [0.15, 0.2) is 120 Å². The molecule has 0 amide bonds. The van der Waals surface area contributed by atoms with Crippen LogP contribution in [0.25, 0.3) is 71.7 Å². The highest BCUT2D eigenvalue weighted by atomic mass is 16.3. The van der Waals surface area contributed by atoms with Crippen LogP contribution in [-0.4, -0.2) is 4.57 Å². The van der Waals surface area contributed by atoms with E-state index in [4.69, 9.17) is 4.42 Å². The summed E-state index contributed by atoms with van der Waals surface area (Å²) in [6, 6.07) is 42.5. The second-order valence-corrected chi connectivity index (χ2v) is 13.7. The van der Waals surface area contributed by atoms with Crippen LogP contribution in [0.2, 0.25) is 0 Å². The predicted octanol–water partition coefficient (Wildman–Crippen LogP) is 11.3. The minimum absolute atomic E-state index is 0.0772. The summed E-state index contributed by atoms with van der Waals surface area (Å²) >= 11 is 0. The molecule has 0 bridgehead atoms. The maximum Gasteiger partial charge on any atom is 0.144 e. The van der Waals surface area contributed by atoms with E-state index in [0.29, 0.717) is 0 Å². The minimum Gasteiger partial charge on any atom is -0.455 e. The first kappa shape index (κ1) is 24.4. The number of benzene rings is 6. The van der Waals surface area contributed by atoms with Crippen LogP contribution in [0.4, 0.5) is 0 Å². The number of furan rings is 1. The standard InChI is InChI=1S/C42H31NO/c1-41(2)30-17-9-5-13-25(30)26-22-21-24(23-32(26)41)43-33-19-11-7-15-28(33)35-36-29-16-8-12-20-34(29)44-40(36)37-27-14-6-10-18-31(27)42(3,4)38(37)39(35)43/h5-23H,1-4H3. The first-order valence-corrected chi connectivity index (χ1v) is 15.6. The van der Waals surface area contributed by atoms with Gasteiger partial charge in [0.15, 0.2) is 0 Å². The van der Waals surface area contributed by atoms with Crippen LogP contribution in [-0.2, 0) is 10.8 Å². The quantitative estimate of drug-likeness (QED) is 0.194. The summed E-state index contributed by atoms with van der Waals surface area (Å²) in [7, 11) is 0. The lowest BCUT2D eigenvalue weighted by molar-refractivity contribution is 0.655. The van der Waals surface area contributed by atoms with Gasteiger partial charge in [0.05, 0.1) is 11.0 Å². The average molecular weight is 566 g/mol. The monoisotopic (exact) mass is 565 g/mol. The fourth-order valence-corrected chi connectivity index (χ4v) is 8.78. The Kier molecular flexibility index (Phi) is 4.37. The Labute approximate surface area is 256 Å². The zero-order valence-corrected chi connectivity index (χ0v) is 25.3. The number of fused-ring (bicyclic) bond motifs is 15. The average Bonchev–Trinajstić information content (AvgIpc) is 3.72. The van der Waals surface area contributed by atoms with E-state index >= 15 is 0 Å². The van der Waals surface area contributed by atoms with Gasteiger partial charge >= 0.3 is 0 Å². The Bertz CT molecular complexity index is 2550. The number of para-hydroxylation sites is 2. The molecule has 6 aromatic carbocycles. The van der Waals surface area contributed by atoms with Crippen molar-refractivity contribution in [2.24, 2.45) is 0 Å². The molecule has 0 fully saturated rings. The van der Waals surface area contributed by atoms with Crippen molar-refractivity contribution < 1.29 is 4.42 Å². The van der Waals surface area contributed by atoms with E-state index in [9.17, 15) is 0 Å². The van der Waals surface area contributed by atoms with Crippen molar-refractivity contribution in [3.05, 3.63) is 138 Å². The van der Waals surface area contributed by atoms with Crippen molar-refractivity contribution in [3.63, 3.8) is 0 Å². The van der Waals surface area contributed by atoms with Gasteiger partial charge in [0, 0.05) is 43.6 Å². The lowest BCUT2D eigenvalue weighted by Gasteiger charge is -2.25. The number of hydrogen-bond donors (Lipinski definition) is 0. The summed E-state index contributed by atoms with van der Waals surface area (Å²) in [5.74, 6) is 0. The molecule has 0 radical (unpaired) electrons. The van der Waals surface area contributed by atoms with Gasteiger partial charge in [-0.3, -0.25) is 0 Å². The maximum atomic E-state index is 6.83. The number of hydrogen-bond acceptors (Lipinski definition) is 1. The zero-order chi connectivity index (χ0) is 29.5. The van der Waals surface area contributed by atoms with Gasteiger partial charge in [-0.1, -0.05) is 119 Å². The highest BCUT2D eigenvalue weighted by Gasteiger charge is 2.42. The lowest BCUT2D eigenvalue weighted by Crippen LogP contribution is -2.17. The van der Waals surface area contributed by atoms with Crippen LogP contribution in [0.3, 0.4) is 0 Å². The fourth-order valence-electron chi connectivity index (χ4n) is 8.78. The van der Waals surface area contributed by atoms with Crippen molar-refractivity contribution in [3.8, 4) is 27.9 Å². The number of rotatable bonds is 1. The van der Waals surface area contributed by atoms with Crippen molar-refractivity contribution in [2.45, 2.75) is 38.5 Å². The normalized spacial score (nSPS) is 15.6. The summed E-state index contributed by atoms with van der Waals surface area (Å²) < 4.78 is 9.39. The molecule has 2 aliphatic carbocycles. The number of nitrogens with zero attached hydrogens (tertiary/aromatic N) is 1. The smallest absolute Gasteiger partial charge is 0.144 e. The maximum absolute atomic E-state index is 6.83. The fraction of sp³-hybridized carbons (Fsp3) is 0.143. The molecule has 2 nitrogen and oxygen atoms in total. The summed E-state index contributed by atoms with van der Waals surface area (Å²) in [4.78, 5) is 0. The van der Waals surface area contributed by atoms with Gasteiger partial charge in [0.25, 0.3) is 0 Å². The van der Waals surface area contributed by atoms with Crippen LogP contribution in [0.5, 0.6) is 0 Å². The molecule has 2 heterocycles. The molecule has 0 N–H and O–H groups in total. The molecule has 210 valence electrons. The van der Waals surface area contributed by atoms with E-state index in [1.54, 1.807) is 0 Å². The van der Waals surface area contributed by atoms with E-state index in [1.807, 2.05) is 0 Å². The summed E-state index contributed by atoms with van der Waals surface area (Å²) in [5, 5.41) is 4.93. The van der Waals surface area contributed by atoms with Gasteiger partial charge in [0.2, 0.25) is 0 Å². The zero-order valence-electron chi connectivity index (χ0n) is 25.3. The molecule has 2 heteroatoms. The van der Waals surface area contributed by atoms with Crippen molar-refractivity contribution in [1.82, 2.24) is 4.57 Å². The first-order valence-electron chi connectivity index (χ1n) is 15.6. The molecule has 0 aliphatic heterocycles. The van der Waals surface area contributed by atoms with E-state index in [-0.39, 0.29) is 10.8 Å². The van der Waals surface area contributed by atoms with Gasteiger partial charge in [-0.2, -0.15) is 0 Å². The van der Waals surface area contributed by atoms with Crippen LogP contribution in [0, 0.1) is 0 Å². The van der Waals surface area contributed by atoms with Gasteiger partial charge in [-0.05, 0) is 63.2 Å². The molecule has 0 unspecified atom stereocenters. The third-order valence-corrected chi connectivity index (χ3v) is 10.8. The molecule has 0 saturated carbocycles. The third kappa shape index (κ3) is 2.74. The Hall–Kier alpha value is -5.08. The molecular formula is C42H31NO. The Morgan fingerprint density at radius 3 is 2.00 bits per heavy atom. The van der Waals surface area contributed by atoms with E-state index in [2.05, 4.69) is 148 Å². The second kappa shape index (κ2) is 7.89. The molecule has 2 aliphatic rings. The lowest BCUT2D eigenvalue weighted by atomic mass is 9.81. The topological polar surface area (TPSA) is 18.1 Å². The summed E-state index contributed by atoms with van der Waals surface area (Å²) in [5.41, 5.74) is 16.1.